The maximum atomic E-state index is 13.6. The van der Waals surface area contributed by atoms with Crippen molar-refractivity contribution < 1.29 is 64.0 Å². The van der Waals surface area contributed by atoms with Gasteiger partial charge < -0.3 is 24.2 Å². The summed E-state index contributed by atoms with van der Waals surface area (Å²) in [6, 6.07) is 11.3. The molecule has 0 radical (unpaired) electrons. The van der Waals surface area contributed by atoms with E-state index in [2.05, 4.69) is 0 Å². The van der Waals surface area contributed by atoms with Crippen molar-refractivity contribution in [3.05, 3.63) is 65.5 Å². The third-order valence-corrected chi connectivity index (χ3v) is 6.14. The molecule has 0 saturated heterocycles. The van der Waals surface area contributed by atoms with Crippen molar-refractivity contribution in [1.29, 1.82) is 0 Å². The summed E-state index contributed by atoms with van der Waals surface area (Å²) in [6.45, 7) is 0.938. The predicted molar refractivity (Wildman–Crippen MR) is 137 cm³/mol. The Morgan fingerprint density at radius 1 is 0.884 bits per heavy atom. The molecule has 0 aliphatic rings. The molecule has 2 rings (SSSR count). The first-order valence-corrected chi connectivity index (χ1v) is 13.1. The monoisotopic (exact) mass is 629 g/mol. The number of carboxylic acids is 1. The highest BCUT2D eigenvalue weighted by molar-refractivity contribution is 5.72. The minimum Gasteiger partial charge on any atom is -0.492 e. The average molecular weight is 630 g/mol. The minimum absolute atomic E-state index is 0.102. The molecule has 0 aromatic heterocycles. The van der Waals surface area contributed by atoms with Crippen LogP contribution < -0.4 is 4.74 Å². The number of halogens is 8. The molecule has 1 N–H and O–H groups in total. The van der Waals surface area contributed by atoms with Crippen molar-refractivity contribution in [3.8, 4) is 5.75 Å². The lowest BCUT2D eigenvalue weighted by Gasteiger charge is -2.28. The summed E-state index contributed by atoms with van der Waals surface area (Å²) in [7, 11) is 0. The van der Waals surface area contributed by atoms with Gasteiger partial charge in [0.05, 0.1) is 6.54 Å². The molecular weight excluding hydrogens is 598 g/mol. The Balaban J connectivity index is 1.98. The maximum Gasteiger partial charge on any atom is 0.459 e. The van der Waals surface area contributed by atoms with E-state index in [9.17, 15) is 49.8 Å². The lowest BCUT2D eigenvalue weighted by molar-refractivity contribution is -0.355. The van der Waals surface area contributed by atoms with Gasteiger partial charge in [-0.2, -0.15) is 30.7 Å². The van der Waals surface area contributed by atoms with E-state index in [-0.39, 0.29) is 45.8 Å². The molecule has 0 aliphatic carbocycles. The largest absolute Gasteiger partial charge is 0.492 e. The van der Waals surface area contributed by atoms with E-state index >= 15 is 0 Å². The van der Waals surface area contributed by atoms with Crippen molar-refractivity contribution in [3.63, 3.8) is 0 Å². The van der Waals surface area contributed by atoms with Crippen molar-refractivity contribution in [1.82, 2.24) is 4.90 Å². The summed E-state index contributed by atoms with van der Waals surface area (Å²) in [5.41, 5.74) is 1.07. The third-order valence-electron chi connectivity index (χ3n) is 6.14. The van der Waals surface area contributed by atoms with Gasteiger partial charge in [0.15, 0.2) is 6.10 Å². The molecule has 2 aromatic rings. The molecule has 0 aliphatic heterocycles. The van der Waals surface area contributed by atoms with E-state index in [0.29, 0.717) is 16.9 Å². The van der Waals surface area contributed by atoms with Gasteiger partial charge >= 0.3 is 30.1 Å². The SMILES string of the molecule is CCOC(Cc1ccc(OCCN(CCCCC(F)(F)C(F)(F)C(F)(F)F)C(=O)OCc2ccc(F)cc2)cc1)C(=O)O. The van der Waals surface area contributed by atoms with Gasteiger partial charge in [0.25, 0.3) is 0 Å². The van der Waals surface area contributed by atoms with Crippen molar-refractivity contribution >= 4 is 12.1 Å². The second-order valence-electron chi connectivity index (χ2n) is 9.38. The van der Waals surface area contributed by atoms with E-state index in [1.54, 1.807) is 31.2 Å². The van der Waals surface area contributed by atoms with Gasteiger partial charge in [-0.3, -0.25) is 0 Å². The summed E-state index contributed by atoms with van der Waals surface area (Å²) in [5, 5.41) is 9.21. The zero-order chi connectivity index (χ0) is 32.3. The summed E-state index contributed by atoms with van der Waals surface area (Å²) in [5.74, 6) is -12.9. The van der Waals surface area contributed by atoms with Crippen LogP contribution >= 0.6 is 0 Å². The molecular formula is C28H31F8NO6. The molecule has 7 nitrogen and oxygen atoms in total. The second kappa shape index (κ2) is 15.7. The first-order valence-electron chi connectivity index (χ1n) is 13.1. The zero-order valence-corrected chi connectivity index (χ0v) is 23.0. The highest BCUT2D eigenvalue weighted by Gasteiger charge is 2.72. The number of rotatable bonds is 17. The second-order valence-corrected chi connectivity index (χ2v) is 9.38. The molecule has 1 amide bonds. The number of nitrogens with zero attached hydrogens (tertiary/aromatic N) is 1. The van der Waals surface area contributed by atoms with Crippen LogP contribution in [0, 0.1) is 5.82 Å². The first-order chi connectivity index (χ1) is 20.1. The number of unbranched alkanes of at least 4 members (excludes halogenated alkanes) is 1. The van der Waals surface area contributed by atoms with Crippen LogP contribution in [0.5, 0.6) is 5.75 Å². The predicted octanol–water partition coefficient (Wildman–Crippen LogP) is 6.88. The average Bonchev–Trinajstić information content (AvgIpc) is 2.93. The summed E-state index contributed by atoms with van der Waals surface area (Å²) >= 11 is 0. The van der Waals surface area contributed by atoms with Gasteiger partial charge in [0.2, 0.25) is 0 Å². The van der Waals surface area contributed by atoms with E-state index in [4.69, 9.17) is 14.2 Å². The molecule has 43 heavy (non-hydrogen) atoms. The fourth-order valence-corrected chi connectivity index (χ4v) is 3.75. The van der Waals surface area contributed by atoms with Gasteiger partial charge in [0.1, 0.15) is 24.8 Å². The highest BCUT2D eigenvalue weighted by atomic mass is 19.4. The number of carbonyl (C=O) groups excluding carboxylic acids is 1. The number of aliphatic carboxylic acids is 1. The number of carboxylic acid groups (broad SMARTS) is 1. The van der Waals surface area contributed by atoms with Gasteiger partial charge in [-0.05, 0) is 55.2 Å². The maximum absolute atomic E-state index is 13.6. The standard InChI is InChI=1S/C28H31F8NO6/c1-2-41-23(24(38)39)17-19-7-11-22(12-8-19)42-16-15-37(25(40)43-18-20-5-9-21(29)10-6-20)14-4-3-13-26(30,31)27(32,33)28(34,35)36/h5-12,23H,2-4,13-18H2,1H3,(H,38,39). The van der Waals surface area contributed by atoms with E-state index < -0.39 is 54.8 Å². The van der Waals surface area contributed by atoms with Crippen LogP contribution in [0.25, 0.3) is 0 Å². The lowest BCUT2D eigenvalue weighted by Crippen LogP contribution is -2.51. The third kappa shape index (κ3) is 10.9. The lowest BCUT2D eigenvalue weighted by atomic mass is 10.0. The van der Waals surface area contributed by atoms with Crippen molar-refractivity contribution in [2.75, 3.05) is 26.3 Å². The fraction of sp³-hybridized carbons (Fsp3) is 0.500. The van der Waals surface area contributed by atoms with Crippen LogP contribution in [-0.2, 0) is 27.3 Å². The van der Waals surface area contributed by atoms with Crippen LogP contribution in [0.4, 0.5) is 39.9 Å². The van der Waals surface area contributed by atoms with Gasteiger partial charge in [-0.15, -0.1) is 0 Å². The summed E-state index contributed by atoms with van der Waals surface area (Å²) in [4.78, 5) is 24.9. The Morgan fingerprint density at radius 3 is 2.05 bits per heavy atom. The highest BCUT2D eigenvalue weighted by Crippen LogP contribution is 2.48. The first kappa shape index (κ1) is 35.6. The van der Waals surface area contributed by atoms with Crippen LogP contribution in [0.1, 0.15) is 37.3 Å². The van der Waals surface area contributed by atoms with Crippen molar-refractivity contribution in [2.24, 2.45) is 0 Å². The van der Waals surface area contributed by atoms with Gasteiger partial charge in [-0.25, -0.2) is 14.0 Å². The van der Waals surface area contributed by atoms with Gasteiger partial charge in [0, 0.05) is 26.0 Å². The number of hydrogen-bond acceptors (Lipinski definition) is 5. The molecule has 0 fully saturated rings. The molecule has 0 heterocycles. The normalized spacial score (nSPS) is 13.0. The molecule has 1 atom stereocenters. The number of alkyl halides is 7. The number of carbonyl (C=O) groups is 2. The number of benzene rings is 2. The topological polar surface area (TPSA) is 85.3 Å². The van der Waals surface area contributed by atoms with E-state index in [0.717, 1.165) is 17.0 Å². The van der Waals surface area contributed by atoms with Crippen LogP contribution in [0.2, 0.25) is 0 Å². The zero-order valence-electron chi connectivity index (χ0n) is 23.0. The Bertz CT molecular complexity index is 1160. The van der Waals surface area contributed by atoms with E-state index in [1.165, 1.54) is 12.1 Å². The molecule has 2 aromatic carbocycles. The molecule has 1 unspecified atom stereocenters. The Hall–Kier alpha value is -3.62. The minimum atomic E-state index is -6.43. The van der Waals surface area contributed by atoms with E-state index in [1.807, 2.05) is 0 Å². The smallest absolute Gasteiger partial charge is 0.459 e. The summed E-state index contributed by atoms with van der Waals surface area (Å²) in [6.07, 6.45) is -11.2. The van der Waals surface area contributed by atoms with Crippen LogP contribution in [-0.4, -0.2) is 72.5 Å². The van der Waals surface area contributed by atoms with Crippen LogP contribution in [0.15, 0.2) is 48.5 Å². The van der Waals surface area contributed by atoms with Crippen LogP contribution in [0.3, 0.4) is 0 Å². The number of hydrogen-bond donors (Lipinski definition) is 1. The Morgan fingerprint density at radius 2 is 1.49 bits per heavy atom. The number of ether oxygens (including phenoxy) is 3. The summed E-state index contributed by atoms with van der Waals surface area (Å²) < 4.78 is 120. The molecule has 0 spiro atoms. The molecule has 240 valence electrons. The molecule has 0 bridgehead atoms. The van der Waals surface area contributed by atoms with Gasteiger partial charge in [-0.1, -0.05) is 24.3 Å². The Kier molecular flexibility index (Phi) is 13.0. The van der Waals surface area contributed by atoms with Crippen molar-refractivity contribution in [2.45, 2.75) is 63.3 Å². The molecule has 15 heteroatoms. The quantitative estimate of drug-likeness (QED) is 0.152. The fourth-order valence-electron chi connectivity index (χ4n) is 3.75. The Labute approximate surface area is 242 Å². The molecule has 0 saturated carbocycles. The number of amides is 1.